The second-order valence-electron chi connectivity index (χ2n) is 6.10. The lowest BCUT2D eigenvalue weighted by molar-refractivity contribution is 0.0101. The Morgan fingerprint density at radius 1 is 1.24 bits per heavy atom. The number of rotatable bonds is 8. The van der Waals surface area contributed by atoms with Crippen molar-refractivity contribution in [1.29, 1.82) is 0 Å². The Morgan fingerprint density at radius 2 is 1.95 bits per heavy atom. The van der Waals surface area contributed by atoms with Crippen molar-refractivity contribution >= 4 is 0 Å². The molecule has 118 valence electrons. The molecule has 1 fully saturated rings. The highest BCUT2D eigenvalue weighted by atomic mass is 16.5. The maximum Gasteiger partial charge on any atom is 0.0809 e. The maximum atomic E-state index is 5.88. The van der Waals surface area contributed by atoms with Gasteiger partial charge in [0, 0.05) is 6.61 Å². The molecule has 2 unspecified atom stereocenters. The molecule has 1 aliphatic rings. The number of hydrogen-bond donors (Lipinski definition) is 1. The molecule has 1 heterocycles. The average molecular weight is 291 g/mol. The summed E-state index contributed by atoms with van der Waals surface area (Å²) < 4.78 is 11.5. The predicted molar refractivity (Wildman–Crippen MR) is 86.7 cm³/mol. The van der Waals surface area contributed by atoms with E-state index in [0.717, 1.165) is 19.6 Å². The van der Waals surface area contributed by atoms with Crippen molar-refractivity contribution < 1.29 is 9.47 Å². The van der Waals surface area contributed by atoms with Crippen molar-refractivity contribution in [2.24, 2.45) is 0 Å². The Balaban J connectivity index is 1.87. The highest BCUT2D eigenvalue weighted by Gasteiger charge is 2.17. The Kier molecular flexibility index (Phi) is 6.68. The Morgan fingerprint density at radius 3 is 2.52 bits per heavy atom. The zero-order valence-electron chi connectivity index (χ0n) is 13.6. The number of nitrogens with one attached hydrogen (secondary N) is 1. The molecule has 0 aromatic heterocycles. The van der Waals surface area contributed by atoms with Gasteiger partial charge in [-0.3, -0.25) is 0 Å². The Bertz CT molecular complexity index is 396. The highest BCUT2D eigenvalue weighted by Crippen LogP contribution is 2.20. The van der Waals surface area contributed by atoms with Gasteiger partial charge >= 0.3 is 0 Å². The van der Waals surface area contributed by atoms with Crippen LogP contribution in [0.2, 0.25) is 0 Å². The molecule has 3 heteroatoms. The van der Waals surface area contributed by atoms with E-state index in [1.807, 2.05) is 0 Å². The molecule has 0 aliphatic carbocycles. The van der Waals surface area contributed by atoms with Crippen LogP contribution in [-0.4, -0.2) is 32.5 Å². The number of hydrogen-bond acceptors (Lipinski definition) is 3. The first-order valence-corrected chi connectivity index (χ1v) is 8.23. The van der Waals surface area contributed by atoms with Gasteiger partial charge in [-0.2, -0.15) is 0 Å². The second-order valence-corrected chi connectivity index (χ2v) is 6.10. The third-order valence-corrected chi connectivity index (χ3v) is 4.07. The van der Waals surface area contributed by atoms with Crippen molar-refractivity contribution in [2.75, 3.05) is 26.4 Å². The van der Waals surface area contributed by atoms with E-state index in [-0.39, 0.29) is 6.04 Å². The van der Waals surface area contributed by atoms with Gasteiger partial charge in [0.1, 0.15) is 0 Å². The van der Waals surface area contributed by atoms with Crippen LogP contribution in [0.25, 0.3) is 0 Å². The molecule has 0 saturated carbocycles. The summed E-state index contributed by atoms with van der Waals surface area (Å²) in [6.45, 7) is 9.83. The molecule has 1 aromatic carbocycles. The molecule has 0 amide bonds. The number of benzene rings is 1. The van der Waals surface area contributed by atoms with Gasteiger partial charge in [-0.1, -0.05) is 45.0 Å². The summed E-state index contributed by atoms with van der Waals surface area (Å²) >= 11 is 0. The van der Waals surface area contributed by atoms with Crippen LogP contribution in [-0.2, 0) is 9.47 Å². The average Bonchev–Trinajstić information content (AvgIpc) is 3.00. The van der Waals surface area contributed by atoms with E-state index < -0.39 is 0 Å². The van der Waals surface area contributed by atoms with E-state index in [1.165, 1.54) is 17.5 Å². The van der Waals surface area contributed by atoms with E-state index in [9.17, 15) is 0 Å². The van der Waals surface area contributed by atoms with Crippen LogP contribution >= 0.6 is 0 Å². The predicted octanol–water partition coefficient (Wildman–Crippen LogP) is 3.66. The first-order valence-electron chi connectivity index (χ1n) is 8.23. The smallest absolute Gasteiger partial charge is 0.0809 e. The van der Waals surface area contributed by atoms with Gasteiger partial charge in [0.25, 0.3) is 0 Å². The monoisotopic (exact) mass is 291 g/mol. The molecule has 1 N–H and O–H groups in total. The fourth-order valence-corrected chi connectivity index (χ4v) is 2.73. The quantitative estimate of drug-likeness (QED) is 0.793. The lowest BCUT2D eigenvalue weighted by atomic mass is 9.99. The highest BCUT2D eigenvalue weighted by molar-refractivity contribution is 5.27. The fraction of sp³-hybridized carbons (Fsp3) is 0.667. The molecule has 1 saturated heterocycles. The summed E-state index contributed by atoms with van der Waals surface area (Å²) in [7, 11) is 0. The first kappa shape index (κ1) is 16.5. The largest absolute Gasteiger partial charge is 0.377 e. The van der Waals surface area contributed by atoms with Crippen molar-refractivity contribution in [2.45, 2.75) is 51.7 Å². The summed E-state index contributed by atoms with van der Waals surface area (Å²) in [5.41, 5.74) is 2.68. The number of ether oxygens (including phenoxy) is 2. The fourth-order valence-electron chi connectivity index (χ4n) is 2.73. The van der Waals surface area contributed by atoms with Gasteiger partial charge in [-0.15, -0.1) is 0 Å². The minimum absolute atomic E-state index is 0.262. The molecule has 21 heavy (non-hydrogen) atoms. The molecular weight excluding hydrogens is 262 g/mol. The lowest BCUT2D eigenvalue weighted by Gasteiger charge is -2.20. The standard InChI is InChI=1S/C18H29NO2/c1-4-19-18(13-20-12-17-6-5-11-21-17)16-9-7-15(8-10-16)14(2)3/h7-10,14,17-19H,4-6,11-13H2,1-3H3. The summed E-state index contributed by atoms with van der Waals surface area (Å²) in [6, 6.07) is 9.16. The van der Waals surface area contributed by atoms with E-state index in [2.05, 4.69) is 50.4 Å². The summed E-state index contributed by atoms with van der Waals surface area (Å²) in [5.74, 6) is 0.576. The van der Waals surface area contributed by atoms with Gasteiger partial charge in [-0.25, -0.2) is 0 Å². The van der Waals surface area contributed by atoms with Gasteiger partial charge in [0.2, 0.25) is 0 Å². The summed E-state index contributed by atoms with van der Waals surface area (Å²) in [4.78, 5) is 0. The van der Waals surface area contributed by atoms with Gasteiger partial charge in [0.15, 0.2) is 0 Å². The molecule has 3 nitrogen and oxygen atoms in total. The normalized spacial score (nSPS) is 20.1. The topological polar surface area (TPSA) is 30.5 Å². The van der Waals surface area contributed by atoms with Gasteiger partial charge < -0.3 is 14.8 Å². The first-order chi connectivity index (χ1) is 10.2. The molecular formula is C18H29NO2. The van der Waals surface area contributed by atoms with Crippen LogP contribution in [0.5, 0.6) is 0 Å². The van der Waals surface area contributed by atoms with Crippen LogP contribution in [0, 0.1) is 0 Å². The molecule has 0 spiro atoms. The zero-order chi connectivity index (χ0) is 15.1. The SMILES string of the molecule is CCNC(COCC1CCCO1)c1ccc(C(C)C)cc1. The molecule has 1 aliphatic heterocycles. The van der Waals surface area contributed by atoms with Crippen LogP contribution in [0.3, 0.4) is 0 Å². The van der Waals surface area contributed by atoms with Crippen molar-refractivity contribution in [1.82, 2.24) is 5.32 Å². The van der Waals surface area contributed by atoms with E-state index in [4.69, 9.17) is 9.47 Å². The number of likely N-dealkylation sites (N-methyl/N-ethyl adjacent to an activating group) is 1. The van der Waals surface area contributed by atoms with Gasteiger partial charge in [0.05, 0.1) is 25.4 Å². The minimum atomic E-state index is 0.262. The van der Waals surface area contributed by atoms with Crippen LogP contribution in [0.4, 0.5) is 0 Å². The van der Waals surface area contributed by atoms with Crippen LogP contribution in [0.1, 0.15) is 56.7 Å². The van der Waals surface area contributed by atoms with Crippen molar-refractivity contribution in [3.63, 3.8) is 0 Å². The second kappa shape index (κ2) is 8.52. The third-order valence-electron chi connectivity index (χ3n) is 4.07. The minimum Gasteiger partial charge on any atom is -0.377 e. The molecule has 1 aromatic rings. The maximum absolute atomic E-state index is 5.88. The van der Waals surface area contributed by atoms with Crippen LogP contribution in [0.15, 0.2) is 24.3 Å². The van der Waals surface area contributed by atoms with Gasteiger partial charge in [-0.05, 0) is 36.4 Å². The summed E-state index contributed by atoms with van der Waals surface area (Å²) in [6.07, 6.45) is 2.60. The van der Waals surface area contributed by atoms with Crippen LogP contribution < -0.4 is 5.32 Å². The zero-order valence-corrected chi connectivity index (χ0v) is 13.6. The van der Waals surface area contributed by atoms with E-state index in [0.29, 0.717) is 25.2 Å². The molecule has 2 rings (SSSR count). The molecule has 2 atom stereocenters. The van der Waals surface area contributed by atoms with E-state index in [1.54, 1.807) is 0 Å². The third kappa shape index (κ3) is 5.10. The van der Waals surface area contributed by atoms with Crippen molar-refractivity contribution in [3.05, 3.63) is 35.4 Å². The lowest BCUT2D eigenvalue weighted by Crippen LogP contribution is -2.27. The Hall–Kier alpha value is -0.900. The van der Waals surface area contributed by atoms with Crippen molar-refractivity contribution in [3.8, 4) is 0 Å². The van der Waals surface area contributed by atoms with E-state index >= 15 is 0 Å². The summed E-state index contributed by atoms with van der Waals surface area (Å²) in [5, 5.41) is 3.51. The molecule has 0 bridgehead atoms. The Labute approximate surface area is 129 Å². The molecule has 0 radical (unpaired) electrons.